The predicted molar refractivity (Wildman–Crippen MR) is 193 cm³/mol. The minimum absolute atomic E-state index is 0.791. The predicted octanol–water partition coefficient (Wildman–Crippen LogP) is 10.6. The maximum atomic E-state index is 5.92. The van der Waals surface area contributed by atoms with Crippen LogP contribution < -0.4 is 5.73 Å². The molecule has 45 heavy (non-hydrogen) atoms. The second-order valence-electron chi connectivity index (χ2n) is 11.8. The zero-order valence-corrected chi connectivity index (χ0v) is 25.6. The second-order valence-corrected chi connectivity index (χ2v) is 13.0. The van der Waals surface area contributed by atoms with E-state index < -0.39 is 0 Å². The topological polar surface area (TPSA) is 35.9 Å². The largest absolute Gasteiger partial charge is 0.405 e. The van der Waals surface area contributed by atoms with E-state index in [1.165, 1.54) is 81.3 Å². The van der Waals surface area contributed by atoms with Crippen molar-refractivity contribution in [1.82, 2.24) is 9.13 Å². The van der Waals surface area contributed by atoms with Crippen molar-refractivity contribution >= 4 is 66.3 Å². The number of benzene rings is 5. The monoisotopic (exact) mass is 597 g/mol. The van der Waals surface area contributed by atoms with Gasteiger partial charge in [-0.1, -0.05) is 78.9 Å². The first-order valence-corrected chi connectivity index (χ1v) is 16.4. The van der Waals surface area contributed by atoms with Gasteiger partial charge in [0.25, 0.3) is 0 Å². The van der Waals surface area contributed by atoms with E-state index in [-0.39, 0.29) is 0 Å². The van der Waals surface area contributed by atoms with Crippen molar-refractivity contribution in [3.63, 3.8) is 0 Å². The van der Waals surface area contributed by atoms with Crippen molar-refractivity contribution in [3.05, 3.63) is 149 Å². The summed E-state index contributed by atoms with van der Waals surface area (Å²) in [4.78, 5) is 1.32. The molecule has 216 valence electrons. The lowest BCUT2D eigenvalue weighted by atomic mass is 9.98. The Labute approximate surface area is 265 Å². The molecule has 0 radical (unpaired) electrons. The highest BCUT2D eigenvalue weighted by Gasteiger charge is 2.20. The van der Waals surface area contributed by atoms with E-state index in [4.69, 9.17) is 5.73 Å². The van der Waals surface area contributed by atoms with Crippen LogP contribution in [-0.4, -0.2) is 9.13 Å². The molecule has 9 rings (SSSR count). The summed E-state index contributed by atoms with van der Waals surface area (Å²) in [5, 5.41) is 5.14. The quantitative estimate of drug-likeness (QED) is 0.210. The SMILES string of the molecule is N/C=C\c1c(Cn2c3ccccc3c3cc(-c4ccc5c(c4)c4c(n5-c5ccccc5)CCC=C4)ccc32)sc2ccccc12. The van der Waals surface area contributed by atoms with Gasteiger partial charge in [0.2, 0.25) is 0 Å². The van der Waals surface area contributed by atoms with Crippen LogP contribution in [0.25, 0.3) is 71.8 Å². The van der Waals surface area contributed by atoms with E-state index in [9.17, 15) is 0 Å². The second kappa shape index (κ2) is 10.4. The van der Waals surface area contributed by atoms with Crippen LogP contribution >= 0.6 is 11.3 Å². The van der Waals surface area contributed by atoms with Gasteiger partial charge in [0.05, 0.1) is 12.1 Å². The number of allylic oxidation sites excluding steroid dienone is 1. The average molecular weight is 598 g/mol. The molecule has 0 saturated heterocycles. The number of hydrogen-bond acceptors (Lipinski definition) is 2. The number of nitrogens with two attached hydrogens (primary N) is 1. The Balaban J connectivity index is 1.20. The van der Waals surface area contributed by atoms with Crippen LogP contribution in [0.1, 0.15) is 28.1 Å². The number of aromatic nitrogens is 2. The van der Waals surface area contributed by atoms with Gasteiger partial charge in [0.15, 0.2) is 0 Å². The van der Waals surface area contributed by atoms with Crippen molar-refractivity contribution < 1.29 is 0 Å². The summed E-state index contributed by atoms with van der Waals surface area (Å²) in [7, 11) is 0. The molecule has 1 aliphatic carbocycles. The molecule has 0 amide bonds. The number of para-hydroxylation sites is 2. The molecule has 4 heteroatoms. The molecular formula is C41H31N3S. The number of rotatable bonds is 5. The fraction of sp³-hybridized carbons (Fsp3) is 0.0732. The van der Waals surface area contributed by atoms with Gasteiger partial charge in [-0.15, -0.1) is 11.3 Å². The van der Waals surface area contributed by atoms with Gasteiger partial charge in [-0.2, -0.15) is 0 Å². The molecule has 0 aliphatic heterocycles. The molecule has 0 spiro atoms. The number of nitrogens with zero attached hydrogens (tertiary/aromatic N) is 2. The average Bonchev–Trinajstić information content (AvgIpc) is 3.73. The molecule has 3 aromatic heterocycles. The third kappa shape index (κ3) is 4.10. The lowest BCUT2D eigenvalue weighted by molar-refractivity contribution is 0.884. The van der Waals surface area contributed by atoms with Crippen LogP contribution in [0.2, 0.25) is 0 Å². The zero-order chi connectivity index (χ0) is 29.9. The smallest absolute Gasteiger partial charge is 0.0581 e. The van der Waals surface area contributed by atoms with E-state index in [2.05, 4.69) is 143 Å². The molecule has 0 unspecified atom stereocenters. The van der Waals surface area contributed by atoms with Gasteiger partial charge in [-0.05, 0) is 90.3 Å². The summed E-state index contributed by atoms with van der Waals surface area (Å²) in [6.07, 6.45) is 10.5. The molecule has 0 bridgehead atoms. The standard InChI is InChI=1S/C41H31N3S/c42-23-22-33-32-14-6-9-17-40(32)45-41(33)26-43-36-15-7-4-12-30(36)34-24-27(18-20-37(34)43)28-19-21-39-35(25-28)31-13-5-8-16-38(31)44(39)29-10-2-1-3-11-29/h1-7,9-15,17-25H,8,16,26,42H2/b23-22-. The van der Waals surface area contributed by atoms with Gasteiger partial charge in [-0.3, -0.25) is 0 Å². The van der Waals surface area contributed by atoms with Crippen LogP contribution in [0, 0.1) is 0 Å². The van der Waals surface area contributed by atoms with Crippen molar-refractivity contribution in [3.8, 4) is 16.8 Å². The van der Waals surface area contributed by atoms with Crippen LogP contribution in [0.5, 0.6) is 0 Å². The molecule has 1 aliphatic rings. The maximum Gasteiger partial charge on any atom is 0.0581 e. The van der Waals surface area contributed by atoms with Crippen LogP contribution in [0.4, 0.5) is 0 Å². The summed E-state index contributed by atoms with van der Waals surface area (Å²) in [5.41, 5.74) is 17.4. The van der Waals surface area contributed by atoms with Crippen LogP contribution in [0.3, 0.4) is 0 Å². The summed E-state index contributed by atoms with van der Waals surface area (Å²) in [6, 6.07) is 42.2. The fourth-order valence-electron chi connectivity index (χ4n) is 7.33. The minimum atomic E-state index is 0.791. The number of fused-ring (bicyclic) bond motifs is 7. The molecular weight excluding hydrogens is 567 g/mol. The Hall–Kier alpha value is -5.32. The Kier molecular flexibility index (Phi) is 6.03. The molecule has 8 aromatic rings. The number of hydrogen-bond donors (Lipinski definition) is 1. The Morgan fingerprint density at radius 3 is 2.24 bits per heavy atom. The normalized spacial score (nSPS) is 13.2. The van der Waals surface area contributed by atoms with Crippen LogP contribution in [0.15, 0.2) is 128 Å². The molecule has 0 saturated carbocycles. The number of thiophene rings is 1. The summed E-state index contributed by atoms with van der Waals surface area (Å²) >= 11 is 1.86. The lowest BCUT2D eigenvalue weighted by Crippen LogP contribution is -2.02. The van der Waals surface area contributed by atoms with Gasteiger partial charge in [0.1, 0.15) is 0 Å². The highest BCUT2D eigenvalue weighted by Crippen LogP contribution is 2.39. The first-order chi connectivity index (χ1) is 22.3. The Morgan fingerprint density at radius 1 is 0.689 bits per heavy atom. The van der Waals surface area contributed by atoms with Gasteiger partial charge >= 0.3 is 0 Å². The minimum Gasteiger partial charge on any atom is -0.405 e. The summed E-state index contributed by atoms with van der Waals surface area (Å²) in [6.45, 7) is 0.791. The first kappa shape index (κ1) is 26.1. The van der Waals surface area contributed by atoms with Crippen molar-refractivity contribution in [2.24, 2.45) is 5.73 Å². The van der Waals surface area contributed by atoms with Gasteiger partial charge < -0.3 is 14.9 Å². The third-order valence-corrected chi connectivity index (χ3v) is 10.5. The third-order valence-electron chi connectivity index (χ3n) is 9.34. The van der Waals surface area contributed by atoms with Gasteiger partial charge in [-0.25, -0.2) is 0 Å². The van der Waals surface area contributed by atoms with Gasteiger partial charge in [0, 0.05) is 59.1 Å². The zero-order valence-electron chi connectivity index (χ0n) is 24.8. The fourth-order valence-corrected chi connectivity index (χ4v) is 8.51. The maximum absolute atomic E-state index is 5.92. The van der Waals surface area contributed by atoms with E-state index in [1.54, 1.807) is 6.20 Å². The molecule has 2 N–H and O–H groups in total. The highest BCUT2D eigenvalue weighted by atomic mass is 32.1. The van der Waals surface area contributed by atoms with E-state index in [0.717, 1.165) is 19.4 Å². The van der Waals surface area contributed by atoms with Crippen molar-refractivity contribution in [2.45, 2.75) is 19.4 Å². The van der Waals surface area contributed by atoms with E-state index in [1.807, 2.05) is 11.3 Å². The molecule has 3 heterocycles. The highest BCUT2D eigenvalue weighted by molar-refractivity contribution is 7.19. The van der Waals surface area contributed by atoms with Crippen molar-refractivity contribution in [2.75, 3.05) is 0 Å². The van der Waals surface area contributed by atoms with E-state index >= 15 is 0 Å². The molecule has 3 nitrogen and oxygen atoms in total. The Morgan fingerprint density at radius 2 is 1.40 bits per heavy atom. The first-order valence-electron chi connectivity index (χ1n) is 15.6. The summed E-state index contributed by atoms with van der Waals surface area (Å²) in [5.74, 6) is 0. The van der Waals surface area contributed by atoms with E-state index in [0.29, 0.717) is 0 Å². The molecule has 5 aromatic carbocycles. The Bertz CT molecular complexity index is 2470. The molecule has 0 atom stereocenters. The summed E-state index contributed by atoms with van der Waals surface area (Å²) < 4.78 is 6.21. The molecule has 0 fully saturated rings. The van der Waals surface area contributed by atoms with Crippen molar-refractivity contribution in [1.29, 1.82) is 0 Å². The lowest BCUT2D eigenvalue weighted by Gasteiger charge is -2.13. The van der Waals surface area contributed by atoms with Crippen LogP contribution in [-0.2, 0) is 13.0 Å².